The van der Waals surface area contributed by atoms with Crippen LogP contribution in [0, 0.1) is 12.3 Å². The van der Waals surface area contributed by atoms with Crippen molar-refractivity contribution in [1.29, 1.82) is 5.41 Å². The quantitative estimate of drug-likeness (QED) is 0.576. The molecule has 5 heteroatoms. The first-order valence-electron chi connectivity index (χ1n) is 5.80. The van der Waals surface area contributed by atoms with Gasteiger partial charge in [0.15, 0.2) is 0 Å². The number of hydrogen-bond donors (Lipinski definition) is 3. The van der Waals surface area contributed by atoms with Crippen molar-refractivity contribution in [3.63, 3.8) is 0 Å². The van der Waals surface area contributed by atoms with Crippen molar-refractivity contribution >= 4 is 5.84 Å². The molecule has 1 heterocycles. The van der Waals surface area contributed by atoms with Crippen molar-refractivity contribution in [2.75, 3.05) is 0 Å². The summed E-state index contributed by atoms with van der Waals surface area (Å²) in [5, 5.41) is 16.8. The third-order valence-corrected chi connectivity index (χ3v) is 2.64. The van der Waals surface area contributed by atoms with Crippen LogP contribution >= 0.6 is 0 Å². The van der Waals surface area contributed by atoms with Crippen molar-refractivity contribution in [2.24, 2.45) is 5.73 Å². The molecule has 0 fully saturated rings. The van der Waals surface area contributed by atoms with E-state index in [2.05, 4.69) is 4.98 Å². The molecule has 2 rings (SSSR count). The van der Waals surface area contributed by atoms with Gasteiger partial charge in [-0.05, 0) is 25.1 Å². The summed E-state index contributed by atoms with van der Waals surface area (Å²) in [6, 6.07) is 10.6. The SMILES string of the molecule is Cc1ccc(C(=N)N)c(Oc2ccccc2CO)n1. The Kier molecular flexibility index (Phi) is 3.77. The molecular formula is C14H15N3O2. The van der Waals surface area contributed by atoms with Crippen molar-refractivity contribution in [3.8, 4) is 11.6 Å². The molecule has 1 aromatic carbocycles. The van der Waals surface area contributed by atoms with E-state index >= 15 is 0 Å². The van der Waals surface area contributed by atoms with Crippen molar-refractivity contribution in [1.82, 2.24) is 4.98 Å². The van der Waals surface area contributed by atoms with Crippen molar-refractivity contribution in [3.05, 3.63) is 53.2 Å². The van der Waals surface area contributed by atoms with Gasteiger partial charge in [-0.15, -0.1) is 0 Å². The van der Waals surface area contributed by atoms with Crippen LogP contribution in [0.4, 0.5) is 0 Å². The Balaban J connectivity index is 2.42. The van der Waals surface area contributed by atoms with Gasteiger partial charge >= 0.3 is 0 Å². The zero-order valence-electron chi connectivity index (χ0n) is 10.6. The second-order valence-electron chi connectivity index (χ2n) is 4.09. The van der Waals surface area contributed by atoms with Gasteiger partial charge in [-0.3, -0.25) is 5.41 Å². The Morgan fingerprint density at radius 1 is 1.32 bits per heavy atom. The van der Waals surface area contributed by atoms with Crippen LogP contribution in [0.15, 0.2) is 36.4 Å². The molecule has 0 aliphatic rings. The number of hydrogen-bond acceptors (Lipinski definition) is 4. The van der Waals surface area contributed by atoms with E-state index in [0.29, 0.717) is 16.9 Å². The van der Waals surface area contributed by atoms with E-state index in [1.165, 1.54) is 0 Å². The van der Waals surface area contributed by atoms with Crippen LogP contribution in [0.25, 0.3) is 0 Å². The second-order valence-corrected chi connectivity index (χ2v) is 4.09. The third-order valence-electron chi connectivity index (χ3n) is 2.64. The van der Waals surface area contributed by atoms with Crippen LogP contribution < -0.4 is 10.5 Å². The molecule has 0 saturated heterocycles. The maximum absolute atomic E-state index is 9.26. The smallest absolute Gasteiger partial charge is 0.230 e. The lowest BCUT2D eigenvalue weighted by Crippen LogP contribution is -2.13. The molecule has 1 aromatic heterocycles. The van der Waals surface area contributed by atoms with Crippen LogP contribution in [0.1, 0.15) is 16.8 Å². The normalized spacial score (nSPS) is 10.2. The van der Waals surface area contributed by atoms with Crippen molar-refractivity contribution in [2.45, 2.75) is 13.5 Å². The fourth-order valence-corrected chi connectivity index (χ4v) is 1.65. The topological polar surface area (TPSA) is 92.2 Å². The number of nitrogens with one attached hydrogen (secondary N) is 1. The number of benzene rings is 1. The van der Waals surface area contributed by atoms with E-state index < -0.39 is 0 Å². The molecule has 0 bridgehead atoms. The number of ether oxygens (including phenoxy) is 1. The molecule has 0 unspecified atom stereocenters. The maximum atomic E-state index is 9.26. The molecule has 0 atom stereocenters. The van der Waals surface area contributed by atoms with Gasteiger partial charge in [0, 0.05) is 11.3 Å². The van der Waals surface area contributed by atoms with E-state index in [0.717, 1.165) is 5.69 Å². The van der Waals surface area contributed by atoms with Crippen LogP contribution in [0.2, 0.25) is 0 Å². The molecule has 0 spiro atoms. The summed E-state index contributed by atoms with van der Waals surface area (Å²) in [5.74, 6) is 0.669. The van der Waals surface area contributed by atoms with E-state index in [-0.39, 0.29) is 18.3 Å². The molecular weight excluding hydrogens is 242 g/mol. The third kappa shape index (κ3) is 2.89. The summed E-state index contributed by atoms with van der Waals surface area (Å²) in [7, 11) is 0. The summed E-state index contributed by atoms with van der Waals surface area (Å²) < 4.78 is 5.68. The highest BCUT2D eigenvalue weighted by Gasteiger charge is 2.11. The molecule has 2 aromatic rings. The summed E-state index contributed by atoms with van der Waals surface area (Å²) in [5.41, 5.74) is 7.35. The van der Waals surface area contributed by atoms with E-state index in [1.807, 2.05) is 13.0 Å². The maximum Gasteiger partial charge on any atom is 0.230 e. The standard InChI is InChI=1S/C14H15N3O2/c1-9-6-7-11(13(15)16)14(17-9)19-12-5-3-2-4-10(12)8-18/h2-7,18H,8H2,1H3,(H3,15,16). The minimum absolute atomic E-state index is 0.107. The minimum atomic E-state index is -0.128. The summed E-state index contributed by atoms with van der Waals surface area (Å²) in [6.07, 6.45) is 0. The van der Waals surface area contributed by atoms with Crippen molar-refractivity contribution < 1.29 is 9.84 Å². The number of nitrogen functional groups attached to an aromatic ring is 1. The summed E-state index contributed by atoms with van der Waals surface area (Å²) >= 11 is 0. The largest absolute Gasteiger partial charge is 0.438 e. The predicted octanol–water partition coefficient (Wildman–Crippen LogP) is 1.96. The molecule has 4 N–H and O–H groups in total. The van der Waals surface area contributed by atoms with Gasteiger partial charge in [0.1, 0.15) is 11.6 Å². The number of aliphatic hydroxyl groups excluding tert-OH is 1. The van der Waals surface area contributed by atoms with E-state index in [4.69, 9.17) is 15.9 Å². The lowest BCUT2D eigenvalue weighted by Gasteiger charge is -2.12. The Labute approximate surface area is 111 Å². The number of pyridine rings is 1. The molecule has 0 aliphatic carbocycles. The van der Waals surface area contributed by atoms with Crippen LogP contribution in [0.3, 0.4) is 0 Å². The zero-order chi connectivity index (χ0) is 13.8. The molecule has 0 amide bonds. The van der Waals surface area contributed by atoms with E-state index in [9.17, 15) is 5.11 Å². The molecule has 98 valence electrons. The van der Waals surface area contributed by atoms with E-state index in [1.54, 1.807) is 30.3 Å². The first kappa shape index (κ1) is 13.0. The number of rotatable bonds is 4. The monoisotopic (exact) mass is 257 g/mol. The number of amidine groups is 1. The molecule has 19 heavy (non-hydrogen) atoms. The minimum Gasteiger partial charge on any atom is -0.438 e. The Morgan fingerprint density at radius 3 is 2.74 bits per heavy atom. The lowest BCUT2D eigenvalue weighted by atomic mass is 10.2. The Hall–Kier alpha value is -2.40. The van der Waals surface area contributed by atoms with Gasteiger partial charge in [-0.2, -0.15) is 0 Å². The fourth-order valence-electron chi connectivity index (χ4n) is 1.65. The number of nitrogens with zero attached hydrogens (tertiary/aromatic N) is 1. The molecule has 0 aliphatic heterocycles. The Morgan fingerprint density at radius 2 is 2.05 bits per heavy atom. The number of nitrogens with two attached hydrogens (primary N) is 1. The number of aromatic nitrogens is 1. The Bertz CT molecular complexity index is 611. The number of aliphatic hydroxyl groups is 1. The highest BCUT2D eigenvalue weighted by atomic mass is 16.5. The fraction of sp³-hybridized carbons (Fsp3) is 0.143. The van der Waals surface area contributed by atoms with Gasteiger partial charge < -0.3 is 15.6 Å². The zero-order valence-corrected chi connectivity index (χ0v) is 10.6. The van der Waals surface area contributed by atoms with Crippen LogP contribution in [-0.2, 0) is 6.61 Å². The first-order valence-corrected chi connectivity index (χ1v) is 5.80. The summed E-state index contributed by atoms with van der Waals surface area (Å²) in [6.45, 7) is 1.70. The van der Waals surface area contributed by atoms with Gasteiger partial charge in [-0.25, -0.2) is 4.98 Å². The van der Waals surface area contributed by atoms with Crippen LogP contribution in [0.5, 0.6) is 11.6 Å². The van der Waals surface area contributed by atoms with Gasteiger partial charge in [-0.1, -0.05) is 18.2 Å². The number of aryl methyl sites for hydroxylation is 1. The average molecular weight is 257 g/mol. The van der Waals surface area contributed by atoms with Gasteiger partial charge in [0.25, 0.3) is 0 Å². The summed E-state index contributed by atoms with van der Waals surface area (Å²) in [4.78, 5) is 4.24. The lowest BCUT2D eigenvalue weighted by molar-refractivity contribution is 0.276. The van der Waals surface area contributed by atoms with Gasteiger partial charge in [0.05, 0.1) is 12.2 Å². The molecule has 0 radical (unpaired) electrons. The molecule has 5 nitrogen and oxygen atoms in total. The van der Waals surface area contributed by atoms with Gasteiger partial charge in [0.2, 0.25) is 5.88 Å². The highest BCUT2D eigenvalue weighted by molar-refractivity contribution is 5.97. The second kappa shape index (κ2) is 5.49. The predicted molar refractivity (Wildman–Crippen MR) is 72.4 cm³/mol. The number of para-hydroxylation sites is 1. The average Bonchev–Trinajstić information content (AvgIpc) is 2.39. The van der Waals surface area contributed by atoms with Crippen LogP contribution in [-0.4, -0.2) is 15.9 Å². The molecule has 0 saturated carbocycles. The first-order chi connectivity index (χ1) is 9.11. The highest BCUT2D eigenvalue weighted by Crippen LogP contribution is 2.26.